The molecule has 3 aliphatic carbocycles. The fraction of sp³-hybridized carbons (Fsp3) is 0.680. The third-order valence-corrected chi connectivity index (χ3v) is 7.64. The third kappa shape index (κ3) is 4.76. The molecule has 4 aliphatic rings. The van der Waals surface area contributed by atoms with Crippen LogP contribution in [0.3, 0.4) is 0 Å². The Kier molecular flexibility index (Phi) is 5.62. The summed E-state index contributed by atoms with van der Waals surface area (Å²) in [6.45, 7) is 3.90. The summed E-state index contributed by atoms with van der Waals surface area (Å²) in [6.07, 6.45) is 7.16. The maximum atomic E-state index is 14.3. The minimum Gasteiger partial charge on any atom is -0.493 e. The largest absolute Gasteiger partial charge is 0.493 e. The van der Waals surface area contributed by atoms with Gasteiger partial charge in [0, 0.05) is 31.1 Å². The highest BCUT2D eigenvalue weighted by Crippen LogP contribution is 2.50. The van der Waals surface area contributed by atoms with Gasteiger partial charge in [0.25, 0.3) is 0 Å². The van der Waals surface area contributed by atoms with Gasteiger partial charge in [0.1, 0.15) is 23.0 Å². The zero-order valence-corrected chi connectivity index (χ0v) is 18.6. The molecule has 0 spiro atoms. The van der Waals surface area contributed by atoms with Crippen molar-refractivity contribution in [2.24, 2.45) is 23.7 Å². The standard InChI is InChI=1S/C25H31F2NO4/c1-25(7-8-25)32-24(30)28-9-4-15(5-10-28)19-12-17(19)6-11-31-18-13-20(26)22(21(27)14-18)23(29)16-2-3-16/h13-17,19H,2-12H2,1H3/t17-,19-/m1/s1. The van der Waals surface area contributed by atoms with Gasteiger partial charge in [0.2, 0.25) is 0 Å². The molecule has 3 saturated carbocycles. The predicted octanol–water partition coefficient (Wildman–Crippen LogP) is 5.36. The van der Waals surface area contributed by atoms with Crippen LogP contribution in [0.1, 0.15) is 68.6 Å². The minimum atomic E-state index is -0.831. The first-order chi connectivity index (χ1) is 15.3. The number of rotatable bonds is 8. The van der Waals surface area contributed by atoms with Crippen LogP contribution in [0.2, 0.25) is 0 Å². The fourth-order valence-corrected chi connectivity index (χ4v) is 4.99. The number of Topliss-reactive ketones (excluding diaryl/α,β-unsaturated/α-hetero) is 1. The van der Waals surface area contributed by atoms with Crippen molar-refractivity contribution in [3.8, 4) is 5.75 Å². The summed E-state index contributed by atoms with van der Waals surface area (Å²) >= 11 is 0. The van der Waals surface area contributed by atoms with Crippen molar-refractivity contribution in [1.82, 2.24) is 4.90 Å². The van der Waals surface area contributed by atoms with Crippen LogP contribution in [-0.2, 0) is 4.74 Å². The number of halogens is 2. The van der Waals surface area contributed by atoms with E-state index >= 15 is 0 Å². The Morgan fingerprint density at radius 3 is 2.34 bits per heavy atom. The maximum Gasteiger partial charge on any atom is 0.410 e. The van der Waals surface area contributed by atoms with E-state index in [1.807, 2.05) is 11.8 Å². The monoisotopic (exact) mass is 447 g/mol. The van der Waals surface area contributed by atoms with Gasteiger partial charge in [-0.05, 0) is 76.0 Å². The molecule has 32 heavy (non-hydrogen) atoms. The Morgan fingerprint density at radius 2 is 1.75 bits per heavy atom. The Morgan fingerprint density at radius 1 is 1.09 bits per heavy atom. The first-order valence-electron chi connectivity index (χ1n) is 12.0. The SMILES string of the molecule is CC1(OC(=O)N2CCC([C@H]3C[C@H]3CCOc3cc(F)c(C(=O)C4CC4)c(F)c3)CC2)CC1. The van der Waals surface area contributed by atoms with Crippen LogP contribution >= 0.6 is 0 Å². The lowest BCUT2D eigenvalue weighted by Crippen LogP contribution is -2.40. The van der Waals surface area contributed by atoms with E-state index in [1.165, 1.54) is 0 Å². The summed E-state index contributed by atoms with van der Waals surface area (Å²) in [5.41, 5.74) is -0.655. The zero-order valence-electron chi connectivity index (χ0n) is 18.6. The average molecular weight is 448 g/mol. The molecule has 2 atom stereocenters. The smallest absolute Gasteiger partial charge is 0.410 e. The van der Waals surface area contributed by atoms with Gasteiger partial charge in [-0.2, -0.15) is 0 Å². The van der Waals surface area contributed by atoms with Gasteiger partial charge in [-0.25, -0.2) is 13.6 Å². The van der Waals surface area contributed by atoms with Gasteiger partial charge < -0.3 is 14.4 Å². The van der Waals surface area contributed by atoms with E-state index in [4.69, 9.17) is 9.47 Å². The molecule has 4 fully saturated rings. The van der Waals surface area contributed by atoms with Crippen molar-refractivity contribution in [2.45, 2.75) is 63.9 Å². The number of piperidine rings is 1. The number of hydrogen-bond acceptors (Lipinski definition) is 4. The van der Waals surface area contributed by atoms with Crippen molar-refractivity contribution >= 4 is 11.9 Å². The lowest BCUT2D eigenvalue weighted by atomic mass is 9.91. The molecule has 174 valence electrons. The van der Waals surface area contributed by atoms with Crippen LogP contribution in [0.4, 0.5) is 13.6 Å². The molecule has 0 aromatic heterocycles. The molecular formula is C25H31F2NO4. The summed E-state index contributed by atoms with van der Waals surface area (Å²) in [7, 11) is 0. The molecule has 0 N–H and O–H groups in total. The van der Waals surface area contributed by atoms with Gasteiger partial charge in [-0.15, -0.1) is 0 Å². The van der Waals surface area contributed by atoms with E-state index in [-0.39, 0.29) is 23.4 Å². The van der Waals surface area contributed by atoms with Gasteiger partial charge in [0.15, 0.2) is 5.78 Å². The maximum absolute atomic E-state index is 14.3. The topological polar surface area (TPSA) is 55.8 Å². The molecule has 1 heterocycles. The first-order valence-corrected chi connectivity index (χ1v) is 12.0. The Balaban J connectivity index is 1.04. The second kappa shape index (κ2) is 8.31. The molecule has 1 saturated heterocycles. The number of ketones is 1. The van der Waals surface area contributed by atoms with E-state index < -0.39 is 23.0 Å². The molecule has 7 heteroatoms. The van der Waals surface area contributed by atoms with Crippen LogP contribution in [0, 0.1) is 35.3 Å². The van der Waals surface area contributed by atoms with Gasteiger partial charge >= 0.3 is 6.09 Å². The molecule has 1 aromatic rings. The van der Waals surface area contributed by atoms with Crippen molar-refractivity contribution < 1.29 is 27.8 Å². The number of benzene rings is 1. The van der Waals surface area contributed by atoms with Crippen molar-refractivity contribution in [1.29, 1.82) is 0 Å². The number of hydrogen-bond donors (Lipinski definition) is 0. The van der Waals surface area contributed by atoms with Crippen molar-refractivity contribution in [3.05, 3.63) is 29.3 Å². The van der Waals surface area contributed by atoms with Crippen LogP contribution in [0.5, 0.6) is 5.75 Å². The Bertz CT molecular complexity index is 880. The summed E-state index contributed by atoms with van der Waals surface area (Å²) < 4.78 is 39.7. The second-order valence-electron chi connectivity index (χ2n) is 10.3. The van der Waals surface area contributed by atoms with E-state index in [0.717, 1.165) is 63.7 Å². The number of amides is 1. The summed E-state index contributed by atoms with van der Waals surface area (Å²) in [4.78, 5) is 26.1. The number of ether oxygens (including phenoxy) is 2. The molecular weight excluding hydrogens is 416 g/mol. The van der Waals surface area contributed by atoms with Gasteiger partial charge in [-0.3, -0.25) is 4.79 Å². The normalized spacial score (nSPS) is 26.5. The van der Waals surface area contributed by atoms with Crippen molar-refractivity contribution in [3.63, 3.8) is 0 Å². The molecule has 0 unspecified atom stereocenters. The Labute approximate surface area is 187 Å². The highest BCUT2D eigenvalue weighted by Gasteiger charge is 2.45. The molecule has 5 rings (SSSR count). The van der Waals surface area contributed by atoms with Gasteiger partial charge in [-0.1, -0.05) is 0 Å². The van der Waals surface area contributed by atoms with E-state index in [9.17, 15) is 18.4 Å². The molecule has 1 aliphatic heterocycles. The van der Waals surface area contributed by atoms with E-state index in [0.29, 0.717) is 37.2 Å². The molecule has 0 bridgehead atoms. The van der Waals surface area contributed by atoms with E-state index in [2.05, 4.69) is 0 Å². The lowest BCUT2D eigenvalue weighted by molar-refractivity contribution is 0.0473. The number of nitrogens with zero attached hydrogens (tertiary/aromatic N) is 1. The highest BCUT2D eigenvalue weighted by atomic mass is 19.1. The summed E-state index contributed by atoms with van der Waals surface area (Å²) in [5, 5.41) is 0. The number of carbonyl (C=O) groups excluding carboxylic acids is 2. The molecule has 1 aromatic carbocycles. The fourth-order valence-electron chi connectivity index (χ4n) is 4.99. The van der Waals surface area contributed by atoms with Crippen LogP contribution < -0.4 is 4.74 Å². The molecule has 5 nitrogen and oxygen atoms in total. The lowest BCUT2D eigenvalue weighted by Gasteiger charge is -2.32. The van der Waals surface area contributed by atoms with Crippen LogP contribution in [-0.4, -0.2) is 42.1 Å². The van der Waals surface area contributed by atoms with Crippen LogP contribution in [0.15, 0.2) is 12.1 Å². The summed E-state index contributed by atoms with van der Waals surface area (Å²) in [5.74, 6) is -0.364. The zero-order chi connectivity index (χ0) is 22.5. The quantitative estimate of drug-likeness (QED) is 0.503. The van der Waals surface area contributed by atoms with Crippen molar-refractivity contribution in [2.75, 3.05) is 19.7 Å². The second-order valence-corrected chi connectivity index (χ2v) is 10.3. The highest BCUT2D eigenvalue weighted by molar-refractivity contribution is 5.99. The molecule has 0 radical (unpaired) electrons. The third-order valence-electron chi connectivity index (χ3n) is 7.64. The van der Waals surface area contributed by atoms with Crippen LogP contribution in [0.25, 0.3) is 0 Å². The van der Waals surface area contributed by atoms with Gasteiger partial charge in [0.05, 0.1) is 12.2 Å². The Hall–Kier alpha value is -2.18. The minimum absolute atomic E-state index is 0.140. The predicted molar refractivity (Wildman–Crippen MR) is 114 cm³/mol. The molecule has 1 amide bonds. The van der Waals surface area contributed by atoms with E-state index in [1.54, 1.807) is 0 Å². The first kappa shape index (κ1) is 21.7. The number of carbonyl (C=O) groups is 2. The number of likely N-dealkylation sites (tertiary alicyclic amines) is 1. The summed E-state index contributed by atoms with van der Waals surface area (Å²) in [6, 6.07) is 2.25. The average Bonchev–Trinajstić information content (AvgIpc) is 3.62.